The molecule has 5 aromatic heterocycles. The summed E-state index contributed by atoms with van der Waals surface area (Å²) in [6.07, 6.45) is 10.7. The van der Waals surface area contributed by atoms with Crippen LogP contribution in [0.4, 0.5) is 10.1 Å². The zero-order chi connectivity index (χ0) is 26.5. The largest absolute Gasteiger partial charge is 0.358 e. The average molecular weight is 517 g/mol. The number of fused-ring (bicyclic) bond motifs is 2. The molecule has 0 spiro atoms. The van der Waals surface area contributed by atoms with Crippen LogP contribution in [0.2, 0.25) is 0 Å². The molecule has 0 unspecified atom stereocenters. The molecule has 0 saturated heterocycles. The van der Waals surface area contributed by atoms with Crippen molar-refractivity contribution in [2.24, 2.45) is 5.92 Å². The summed E-state index contributed by atoms with van der Waals surface area (Å²) in [5.74, 6) is 0.822. The van der Waals surface area contributed by atoms with Gasteiger partial charge in [-0.1, -0.05) is 13.0 Å². The quantitative estimate of drug-likeness (QED) is 0.225. The molecule has 1 aliphatic rings. The number of hydrogen-bond acceptors (Lipinski definition) is 6. The van der Waals surface area contributed by atoms with E-state index in [9.17, 15) is 4.39 Å². The maximum atomic E-state index is 14.1. The number of halogens is 1. The second-order valence-corrected chi connectivity index (χ2v) is 10.1. The molecule has 7 rings (SSSR count). The van der Waals surface area contributed by atoms with Gasteiger partial charge >= 0.3 is 0 Å². The van der Waals surface area contributed by atoms with Crippen molar-refractivity contribution in [3.63, 3.8) is 0 Å². The molecule has 1 saturated carbocycles. The molecule has 8 nitrogen and oxygen atoms in total. The molecule has 39 heavy (non-hydrogen) atoms. The molecular weight excluding hydrogens is 491 g/mol. The average Bonchev–Trinajstić information content (AvgIpc) is 3.50. The molecule has 5 heterocycles. The summed E-state index contributed by atoms with van der Waals surface area (Å²) < 4.78 is 14.1. The first-order valence-electron chi connectivity index (χ1n) is 12.9. The predicted octanol–water partition coefficient (Wildman–Crippen LogP) is 6.80. The second kappa shape index (κ2) is 9.13. The van der Waals surface area contributed by atoms with Gasteiger partial charge in [-0.05, 0) is 67.6 Å². The van der Waals surface area contributed by atoms with Crippen LogP contribution < -0.4 is 5.32 Å². The molecule has 3 N–H and O–H groups in total. The number of allylic oxidation sites excluding steroid dienone is 1. The Hall–Kier alpha value is -4.92. The fourth-order valence-corrected chi connectivity index (χ4v) is 5.09. The molecule has 192 valence electrons. The van der Waals surface area contributed by atoms with E-state index in [0.29, 0.717) is 39.9 Å². The summed E-state index contributed by atoms with van der Waals surface area (Å²) in [5.41, 5.74) is 8.61. The number of rotatable bonds is 6. The van der Waals surface area contributed by atoms with Gasteiger partial charge in [0.05, 0.1) is 28.5 Å². The van der Waals surface area contributed by atoms with E-state index >= 15 is 0 Å². The molecule has 0 radical (unpaired) electrons. The summed E-state index contributed by atoms with van der Waals surface area (Å²) in [4.78, 5) is 21.7. The lowest BCUT2D eigenvalue weighted by atomic mass is 9.83. The highest BCUT2D eigenvalue weighted by Gasteiger charge is 2.21. The number of pyridine rings is 3. The van der Waals surface area contributed by atoms with E-state index in [1.165, 1.54) is 31.4 Å². The van der Waals surface area contributed by atoms with Crippen molar-refractivity contribution in [2.75, 3.05) is 5.32 Å². The van der Waals surface area contributed by atoms with Gasteiger partial charge in [0.25, 0.3) is 0 Å². The third-order valence-corrected chi connectivity index (χ3v) is 7.34. The predicted molar refractivity (Wildman–Crippen MR) is 150 cm³/mol. The minimum atomic E-state index is -0.307. The highest BCUT2D eigenvalue weighted by molar-refractivity contribution is 5.96. The van der Waals surface area contributed by atoms with Gasteiger partial charge < -0.3 is 10.3 Å². The summed E-state index contributed by atoms with van der Waals surface area (Å²) in [5, 5.41) is 11.7. The summed E-state index contributed by atoms with van der Waals surface area (Å²) >= 11 is 0. The summed E-state index contributed by atoms with van der Waals surface area (Å²) in [7, 11) is 0. The number of aryl methyl sites for hydroxylation is 1. The van der Waals surface area contributed by atoms with Gasteiger partial charge in [-0.25, -0.2) is 14.4 Å². The third kappa shape index (κ3) is 4.21. The Morgan fingerprint density at radius 1 is 1.03 bits per heavy atom. The van der Waals surface area contributed by atoms with Crippen LogP contribution in [0.5, 0.6) is 0 Å². The van der Waals surface area contributed by atoms with E-state index in [2.05, 4.69) is 48.1 Å². The van der Waals surface area contributed by atoms with Crippen LogP contribution in [0.25, 0.3) is 56.0 Å². The molecular formula is C30H25FN8. The number of imidazole rings is 1. The van der Waals surface area contributed by atoms with Crippen molar-refractivity contribution in [3.8, 4) is 33.9 Å². The first-order chi connectivity index (χ1) is 19.0. The fourth-order valence-electron chi connectivity index (χ4n) is 5.09. The molecule has 9 heteroatoms. The van der Waals surface area contributed by atoms with Gasteiger partial charge in [-0.3, -0.25) is 15.1 Å². The maximum absolute atomic E-state index is 14.1. The zero-order valence-corrected chi connectivity index (χ0v) is 21.3. The van der Waals surface area contributed by atoms with Gasteiger partial charge in [0.2, 0.25) is 0 Å². The second-order valence-electron chi connectivity index (χ2n) is 10.1. The minimum Gasteiger partial charge on any atom is -0.358 e. The molecule has 0 bridgehead atoms. The number of aromatic amines is 2. The van der Waals surface area contributed by atoms with Crippen LogP contribution in [-0.4, -0.2) is 35.1 Å². The number of anilines is 1. The van der Waals surface area contributed by atoms with Crippen molar-refractivity contribution in [3.05, 3.63) is 84.8 Å². The van der Waals surface area contributed by atoms with E-state index < -0.39 is 0 Å². The minimum absolute atomic E-state index is 0.307. The van der Waals surface area contributed by atoms with Crippen molar-refractivity contribution < 1.29 is 4.39 Å². The lowest BCUT2D eigenvalue weighted by Crippen LogP contribution is -2.18. The lowest BCUT2D eigenvalue weighted by molar-refractivity contribution is 0.371. The smallest absolute Gasteiger partial charge is 0.181 e. The number of nitrogens with zero attached hydrogens (tertiary/aromatic N) is 5. The fraction of sp³-hybridized carbons (Fsp3) is 0.167. The Balaban J connectivity index is 1.27. The summed E-state index contributed by atoms with van der Waals surface area (Å²) in [6.45, 7) is 6.07. The van der Waals surface area contributed by atoms with Gasteiger partial charge in [0.15, 0.2) is 11.5 Å². The third-order valence-electron chi connectivity index (χ3n) is 7.34. The van der Waals surface area contributed by atoms with Crippen molar-refractivity contribution in [1.29, 1.82) is 0 Å². The van der Waals surface area contributed by atoms with Crippen LogP contribution >= 0.6 is 0 Å². The topological polar surface area (TPSA) is 108 Å². The lowest BCUT2D eigenvalue weighted by Gasteiger charge is -2.28. The molecule has 0 aliphatic heterocycles. The Morgan fingerprint density at radius 3 is 2.72 bits per heavy atom. The van der Waals surface area contributed by atoms with Crippen molar-refractivity contribution in [2.45, 2.75) is 26.2 Å². The SMILES string of the molecule is C=C(Nc1cncc(-c2cnc3n[nH]c(-c4nc5c(-c6cc(C)cc(F)c6)nccc5[nH]4)c3c2)c1)C1CCC1. The first-order valence-corrected chi connectivity index (χ1v) is 12.9. The standard InChI is InChI=1S/C30H25FN8/c1-16-8-19(10-22(31)9-16)26-28-25(6-7-33-26)36-30(37-28)27-24-12-21(14-34-29(24)39-38-27)20-11-23(15-32-13-20)35-17(2)18-4-3-5-18/h6-15,18,35H,2-5H2,1H3,(H,36,37)(H,34,38,39). The molecule has 1 aromatic carbocycles. The van der Waals surface area contributed by atoms with Gasteiger partial charge in [0.1, 0.15) is 17.0 Å². The van der Waals surface area contributed by atoms with Gasteiger partial charge in [-0.2, -0.15) is 5.10 Å². The van der Waals surface area contributed by atoms with E-state index in [0.717, 1.165) is 39.0 Å². The van der Waals surface area contributed by atoms with Gasteiger partial charge in [0, 0.05) is 41.0 Å². The highest BCUT2D eigenvalue weighted by atomic mass is 19.1. The van der Waals surface area contributed by atoms with Crippen LogP contribution in [0.3, 0.4) is 0 Å². The summed E-state index contributed by atoms with van der Waals surface area (Å²) in [6, 6.07) is 10.8. The Morgan fingerprint density at radius 2 is 1.90 bits per heavy atom. The maximum Gasteiger partial charge on any atom is 0.181 e. The molecule has 0 amide bonds. The normalized spacial score (nSPS) is 13.6. The van der Waals surface area contributed by atoms with E-state index in [4.69, 9.17) is 4.98 Å². The van der Waals surface area contributed by atoms with E-state index in [1.54, 1.807) is 12.4 Å². The zero-order valence-electron chi connectivity index (χ0n) is 21.3. The number of H-pyrrole nitrogens is 2. The Kier molecular flexibility index (Phi) is 5.43. The number of aromatic nitrogens is 7. The number of benzene rings is 1. The van der Waals surface area contributed by atoms with E-state index in [1.807, 2.05) is 37.5 Å². The molecule has 6 aromatic rings. The molecule has 0 atom stereocenters. The number of nitrogens with one attached hydrogen (secondary N) is 3. The van der Waals surface area contributed by atoms with Crippen LogP contribution in [0.1, 0.15) is 24.8 Å². The molecule has 1 aliphatic carbocycles. The monoisotopic (exact) mass is 516 g/mol. The number of hydrogen-bond donors (Lipinski definition) is 3. The Labute approximate surface area is 223 Å². The van der Waals surface area contributed by atoms with Gasteiger partial charge in [-0.15, -0.1) is 0 Å². The van der Waals surface area contributed by atoms with Crippen molar-refractivity contribution in [1.82, 2.24) is 35.1 Å². The van der Waals surface area contributed by atoms with Crippen LogP contribution in [0.15, 0.2) is 73.5 Å². The Bertz CT molecular complexity index is 1860. The van der Waals surface area contributed by atoms with Crippen molar-refractivity contribution >= 4 is 27.8 Å². The van der Waals surface area contributed by atoms with E-state index in [-0.39, 0.29) is 5.82 Å². The molecule has 1 fully saturated rings. The van der Waals surface area contributed by atoms with Crippen LogP contribution in [-0.2, 0) is 0 Å². The van der Waals surface area contributed by atoms with Crippen LogP contribution in [0, 0.1) is 18.7 Å². The first kappa shape index (κ1) is 23.2. The highest BCUT2D eigenvalue weighted by Crippen LogP contribution is 2.34.